The maximum absolute atomic E-state index is 10.3. The van der Waals surface area contributed by atoms with Crippen molar-refractivity contribution < 1.29 is 15.0 Å². The van der Waals surface area contributed by atoms with Gasteiger partial charge in [-0.25, -0.2) is 0 Å². The van der Waals surface area contributed by atoms with Crippen LogP contribution in [0.1, 0.15) is 33.1 Å². The number of halogens is 1. The van der Waals surface area contributed by atoms with E-state index in [1.165, 1.54) is 0 Å². The predicted molar refractivity (Wildman–Crippen MR) is 68.8 cm³/mol. The smallest absolute Gasteiger partial charge is 0.303 e. The molecule has 0 saturated heterocycles. The highest BCUT2D eigenvalue weighted by atomic mass is 79.9. The number of rotatable bonds is 7. The van der Waals surface area contributed by atoms with Crippen LogP contribution in [0.2, 0.25) is 0 Å². The quantitative estimate of drug-likeness (QED) is 0.560. The van der Waals surface area contributed by atoms with Crippen molar-refractivity contribution in [1.82, 2.24) is 0 Å². The van der Waals surface area contributed by atoms with Gasteiger partial charge in [-0.3, -0.25) is 4.79 Å². The molecule has 3 nitrogen and oxygen atoms in total. The van der Waals surface area contributed by atoms with Gasteiger partial charge in [0, 0.05) is 11.8 Å². The first kappa shape index (κ1) is 15.4. The van der Waals surface area contributed by atoms with Crippen LogP contribution in [-0.2, 0) is 4.79 Å². The van der Waals surface area contributed by atoms with Crippen molar-refractivity contribution >= 4 is 21.9 Å². The molecule has 0 heterocycles. The fraction of sp³-hybridized carbons (Fsp3) is 0.583. The van der Waals surface area contributed by atoms with Gasteiger partial charge in [-0.05, 0) is 26.7 Å². The lowest BCUT2D eigenvalue weighted by molar-refractivity contribution is -0.136. The van der Waals surface area contributed by atoms with Gasteiger partial charge >= 0.3 is 5.97 Å². The number of carboxylic acid groups (broad SMARTS) is 1. The van der Waals surface area contributed by atoms with E-state index in [0.29, 0.717) is 11.8 Å². The summed E-state index contributed by atoms with van der Waals surface area (Å²) in [7, 11) is 0. The molecule has 0 aromatic carbocycles. The van der Waals surface area contributed by atoms with Gasteiger partial charge < -0.3 is 10.2 Å². The highest BCUT2D eigenvalue weighted by Gasteiger charge is 2.12. The molecule has 0 aromatic heterocycles. The minimum Gasteiger partial charge on any atom is -0.481 e. The number of hydrogen-bond donors (Lipinski definition) is 2. The molecule has 1 atom stereocenters. The van der Waals surface area contributed by atoms with Gasteiger partial charge in [0.2, 0.25) is 0 Å². The van der Waals surface area contributed by atoms with Crippen molar-refractivity contribution in [1.29, 1.82) is 0 Å². The molecule has 0 spiro atoms. The standard InChI is InChI=1S/C12H19BrO3/c1-10(5-3-7-11(14)15)6-4-8-12(2,16)9-13/h4-5,8,16H,3,6-7,9H2,1-2H3,(H,14,15)/b8-4+,10-5+. The van der Waals surface area contributed by atoms with E-state index in [2.05, 4.69) is 15.9 Å². The zero-order valence-electron chi connectivity index (χ0n) is 9.74. The minimum absolute atomic E-state index is 0.167. The largest absolute Gasteiger partial charge is 0.481 e. The number of allylic oxidation sites excluding steroid dienone is 3. The number of aliphatic carboxylic acids is 1. The Balaban J connectivity index is 3.97. The SMILES string of the molecule is C/C(=C\CCC(=O)O)C/C=C/C(C)(O)CBr. The number of carboxylic acids is 1. The van der Waals surface area contributed by atoms with Crippen LogP contribution in [-0.4, -0.2) is 27.1 Å². The molecule has 0 fully saturated rings. The first-order valence-electron chi connectivity index (χ1n) is 5.21. The Morgan fingerprint density at radius 2 is 2.12 bits per heavy atom. The predicted octanol–water partition coefficient (Wildman–Crippen LogP) is 2.89. The molecule has 0 amide bonds. The van der Waals surface area contributed by atoms with Crippen molar-refractivity contribution in [3.8, 4) is 0 Å². The molecule has 0 aliphatic carbocycles. The molecule has 92 valence electrons. The summed E-state index contributed by atoms with van der Waals surface area (Å²) in [6.07, 6.45) is 7.03. The number of hydrogen-bond acceptors (Lipinski definition) is 2. The average Bonchev–Trinajstić information content (AvgIpc) is 2.17. The normalized spacial score (nSPS) is 16.4. The third-order valence-electron chi connectivity index (χ3n) is 2.04. The Kier molecular flexibility index (Phi) is 7.34. The van der Waals surface area contributed by atoms with Gasteiger partial charge in [-0.2, -0.15) is 0 Å². The van der Waals surface area contributed by atoms with Crippen LogP contribution < -0.4 is 0 Å². The molecule has 0 aliphatic heterocycles. The number of aliphatic hydroxyl groups is 1. The molecule has 4 heteroatoms. The van der Waals surface area contributed by atoms with Crippen LogP contribution in [0.25, 0.3) is 0 Å². The van der Waals surface area contributed by atoms with Crippen LogP contribution in [0.5, 0.6) is 0 Å². The van der Waals surface area contributed by atoms with Gasteiger partial charge in [0.1, 0.15) is 0 Å². The molecule has 1 unspecified atom stereocenters. The van der Waals surface area contributed by atoms with E-state index < -0.39 is 11.6 Å². The minimum atomic E-state index is -0.818. The van der Waals surface area contributed by atoms with Crippen LogP contribution >= 0.6 is 15.9 Å². The summed E-state index contributed by atoms with van der Waals surface area (Å²) >= 11 is 3.21. The highest BCUT2D eigenvalue weighted by Crippen LogP contribution is 2.11. The lowest BCUT2D eigenvalue weighted by atomic mass is 10.1. The van der Waals surface area contributed by atoms with E-state index in [-0.39, 0.29) is 6.42 Å². The summed E-state index contributed by atoms with van der Waals surface area (Å²) in [6, 6.07) is 0. The molecule has 0 radical (unpaired) electrons. The fourth-order valence-corrected chi connectivity index (χ4v) is 1.26. The molecular weight excluding hydrogens is 272 g/mol. The molecule has 16 heavy (non-hydrogen) atoms. The third kappa shape index (κ3) is 8.68. The second kappa shape index (κ2) is 7.63. The summed E-state index contributed by atoms with van der Waals surface area (Å²) in [6.45, 7) is 3.68. The molecule has 2 N–H and O–H groups in total. The fourth-order valence-electron chi connectivity index (χ4n) is 1.07. The molecule has 0 bridgehead atoms. The Bertz CT molecular complexity index is 280. The van der Waals surface area contributed by atoms with E-state index >= 15 is 0 Å². The van der Waals surface area contributed by atoms with Crippen LogP contribution in [0, 0.1) is 0 Å². The lowest BCUT2D eigenvalue weighted by Gasteiger charge is -2.14. The Morgan fingerprint density at radius 1 is 1.50 bits per heavy atom. The van der Waals surface area contributed by atoms with Crippen molar-refractivity contribution in [2.24, 2.45) is 0 Å². The Labute approximate surface area is 105 Å². The van der Waals surface area contributed by atoms with Crippen LogP contribution in [0.3, 0.4) is 0 Å². The number of alkyl halides is 1. The zero-order valence-corrected chi connectivity index (χ0v) is 11.3. The zero-order chi connectivity index (χ0) is 12.6. The molecule has 0 aliphatic rings. The van der Waals surface area contributed by atoms with Crippen LogP contribution in [0.15, 0.2) is 23.8 Å². The van der Waals surface area contributed by atoms with Gasteiger partial charge in [0.05, 0.1) is 5.60 Å². The Hall–Kier alpha value is -0.610. The molecule has 0 saturated carbocycles. The highest BCUT2D eigenvalue weighted by molar-refractivity contribution is 9.09. The van der Waals surface area contributed by atoms with Crippen molar-refractivity contribution in [2.75, 3.05) is 5.33 Å². The molecule has 0 aromatic rings. The van der Waals surface area contributed by atoms with Gasteiger partial charge in [-0.1, -0.05) is 39.7 Å². The summed E-state index contributed by atoms with van der Waals surface area (Å²) in [4.78, 5) is 10.3. The molecule has 0 rings (SSSR count). The summed E-state index contributed by atoms with van der Waals surface area (Å²) in [5, 5.41) is 18.6. The summed E-state index contributed by atoms with van der Waals surface area (Å²) in [5.41, 5.74) is 0.296. The maximum Gasteiger partial charge on any atom is 0.303 e. The first-order chi connectivity index (χ1) is 7.37. The summed E-state index contributed by atoms with van der Waals surface area (Å²) in [5.74, 6) is -0.776. The van der Waals surface area contributed by atoms with Crippen LogP contribution in [0.4, 0.5) is 0 Å². The second-order valence-electron chi connectivity index (χ2n) is 4.08. The van der Waals surface area contributed by atoms with E-state index in [1.54, 1.807) is 13.0 Å². The monoisotopic (exact) mass is 290 g/mol. The van der Waals surface area contributed by atoms with Gasteiger partial charge in [0.25, 0.3) is 0 Å². The van der Waals surface area contributed by atoms with E-state index in [9.17, 15) is 9.90 Å². The van der Waals surface area contributed by atoms with Gasteiger partial charge in [0.15, 0.2) is 0 Å². The first-order valence-corrected chi connectivity index (χ1v) is 6.33. The van der Waals surface area contributed by atoms with E-state index in [4.69, 9.17) is 5.11 Å². The van der Waals surface area contributed by atoms with E-state index in [1.807, 2.05) is 19.1 Å². The average molecular weight is 291 g/mol. The molecular formula is C12H19BrO3. The third-order valence-corrected chi connectivity index (χ3v) is 3.17. The second-order valence-corrected chi connectivity index (χ2v) is 4.64. The van der Waals surface area contributed by atoms with Crippen molar-refractivity contribution in [3.05, 3.63) is 23.8 Å². The summed E-state index contributed by atoms with van der Waals surface area (Å²) < 4.78 is 0. The lowest BCUT2D eigenvalue weighted by Crippen LogP contribution is -2.22. The van der Waals surface area contributed by atoms with Crippen molar-refractivity contribution in [2.45, 2.75) is 38.7 Å². The van der Waals surface area contributed by atoms with E-state index in [0.717, 1.165) is 12.0 Å². The van der Waals surface area contributed by atoms with Gasteiger partial charge in [-0.15, -0.1) is 0 Å². The number of carbonyl (C=O) groups is 1. The maximum atomic E-state index is 10.3. The Morgan fingerprint density at radius 3 is 2.62 bits per heavy atom. The topological polar surface area (TPSA) is 57.5 Å². The van der Waals surface area contributed by atoms with Crippen molar-refractivity contribution in [3.63, 3.8) is 0 Å².